The molecular formula is C13H9Cl2NO4. The third-order valence-corrected chi connectivity index (χ3v) is 3.09. The molecule has 0 radical (unpaired) electrons. The number of hydrogen-bond donors (Lipinski definition) is 1. The van der Waals surface area contributed by atoms with Gasteiger partial charge in [-0.1, -0.05) is 23.2 Å². The summed E-state index contributed by atoms with van der Waals surface area (Å²) in [5, 5.41) is 20.7. The highest BCUT2D eigenvalue weighted by atomic mass is 35.5. The Morgan fingerprint density at radius 2 is 1.90 bits per heavy atom. The summed E-state index contributed by atoms with van der Waals surface area (Å²) in [5.41, 5.74) is 0.161. The number of halogens is 2. The van der Waals surface area contributed by atoms with Gasteiger partial charge in [0.1, 0.15) is 11.5 Å². The number of hydrogen-bond acceptors (Lipinski definition) is 4. The van der Waals surface area contributed by atoms with Crippen LogP contribution >= 0.6 is 23.2 Å². The van der Waals surface area contributed by atoms with Crippen LogP contribution < -0.4 is 4.74 Å². The van der Waals surface area contributed by atoms with Crippen molar-refractivity contribution in [3.8, 4) is 11.5 Å². The molecule has 5 nitrogen and oxygen atoms in total. The van der Waals surface area contributed by atoms with E-state index < -0.39 is 11.5 Å². The molecule has 0 heterocycles. The summed E-state index contributed by atoms with van der Waals surface area (Å²) in [6, 6.07) is 8.64. The maximum Gasteiger partial charge on any atom is 0.270 e. The molecule has 0 aliphatic heterocycles. The lowest BCUT2D eigenvalue weighted by Gasteiger charge is -2.11. The fourth-order valence-electron chi connectivity index (χ4n) is 1.58. The number of nitro groups is 1. The topological polar surface area (TPSA) is 72.6 Å². The van der Waals surface area contributed by atoms with Crippen molar-refractivity contribution in [2.24, 2.45) is 0 Å². The van der Waals surface area contributed by atoms with Crippen molar-refractivity contribution in [2.75, 3.05) is 0 Å². The Morgan fingerprint density at radius 1 is 1.15 bits per heavy atom. The summed E-state index contributed by atoms with van der Waals surface area (Å²) in [6.07, 6.45) is 0. The molecule has 0 atom stereocenters. The molecule has 1 N–H and O–H groups in total. The number of nitrogens with zero attached hydrogens (tertiary/aromatic N) is 1. The molecule has 0 spiro atoms. The van der Waals surface area contributed by atoms with E-state index in [1.165, 1.54) is 24.3 Å². The number of aliphatic hydroxyl groups excluding tert-OH is 1. The van der Waals surface area contributed by atoms with E-state index in [4.69, 9.17) is 27.9 Å². The van der Waals surface area contributed by atoms with Crippen LogP contribution in [0.15, 0.2) is 36.4 Å². The number of ether oxygens (including phenoxy) is 1. The normalized spacial score (nSPS) is 10.3. The van der Waals surface area contributed by atoms with Crippen molar-refractivity contribution < 1.29 is 14.8 Å². The average Bonchev–Trinajstić information content (AvgIpc) is 2.43. The van der Waals surface area contributed by atoms with Crippen LogP contribution in [-0.4, -0.2) is 10.0 Å². The number of non-ortho nitro benzene ring substituents is 1. The van der Waals surface area contributed by atoms with E-state index in [9.17, 15) is 15.2 Å². The zero-order chi connectivity index (χ0) is 14.7. The van der Waals surface area contributed by atoms with Crippen molar-refractivity contribution in [2.45, 2.75) is 6.61 Å². The smallest absolute Gasteiger partial charge is 0.270 e. The fraction of sp³-hybridized carbons (Fsp3) is 0.0769. The molecule has 0 saturated carbocycles. The average molecular weight is 314 g/mol. The molecule has 0 unspecified atom stereocenters. The van der Waals surface area contributed by atoms with Gasteiger partial charge in [-0.3, -0.25) is 10.1 Å². The van der Waals surface area contributed by atoms with E-state index >= 15 is 0 Å². The molecule has 20 heavy (non-hydrogen) atoms. The summed E-state index contributed by atoms with van der Waals surface area (Å²) in [7, 11) is 0. The lowest BCUT2D eigenvalue weighted by Crippen LogP contribution is -1.95. The minimum Gasteiger partial charge on any atom is -0.455 e. The summed E-state index contributed by atoms with van der Waals surface area (Å²) < 4.78 is 5.55. The number of nitro benzene ring substituents is 1. The summed E-state index contributed by atoms with van der Waals surface area (Å²) >= 11 is 11.8. The van der Waals surface area contributed by atoms with Crippen LogP contribution in [-0.2, 0) is 6.61 Å². The van der Waals surface area contributed by atoms with Gasteiger partial charge in [0.05, 0.1) is 16.6 Å². The van der Waals surface area contributed by atoms with Gasteiger partial charge in [-0.05, 0) is 18.2 Å². The molecule has 104 valence electrons. The highest BCUT2D eigenvalue weighted by Gasteiger charge is 2.13. The van der Waals surface area contributed by atoms with Gasteiger partial charge in [0.2, 0.25) is 0 Å². The molecule has 2 aromatic carbocycles. The van der Waals surface area contributed by atoms with Gasteiger partial charge < -0.3 is 9.84 Å². The molecule has 0 bridgehead atoms. The van der Waals surface area contributed by atoms with Crippen molar-refractivity contribution in [1.82, 2.24) is 0 Å². The highest BCUT2D eigenvalue weighted by Crippen LogP contribution is 2.34. The molecule has 7 heteroatoms. The fourth-order valence-corrected chi connectivity index (χ4v) is 1.89. The summed E-state index contributed by atoms with van der Waals surface area (Å²) in [4.78, 5) is 10.1. The third kappa shape index (κ3) is 3.19. The van der Waals surface area contributed by atoms with Crippen LogP contribution in [0.5, 0.6) is 11.5 Å². The quantitative estimate of drug-likeness (QED) is 0.678. The molecular weight excluding hydrogens is 305 g/mol. The van der Waals surface area contributed by atoms with Crippen LogP contribution in [0.1, 0.15) is 5.56 Å². The van der Waals surface area contributed by atoms with E-state index in [1.54, 1.807) is 12.1 Å². The second kappa shape index (κ2) is 6.09. The Balaban J connectivity index is 2.38. The molecule has 0 aliphatic rings. The van der Waals surface area contributed by atoms with Gasteiger partial charge in [0.25, 0.3) is 5.69 Å². The monoisotopic (exact) mass is 313 g/mol. The second-order valence-electron chi connectivity index (χ2n) is 3.88. The summed E-state index contributed by atoms with van der Waals surface area (Å²) in [5.74, 6) is 0.588. The molecule has 0 aliphatic carbocycles. The molecule has 2 aromatic rings. The van der Waals surface area contributed by atoms with Crippen molar-refractivity contribution in [3.63, 3.8) is 0 Å². The Kier molecular flexibility index (Phi) is 4.44. The maximum absolute atomic E-state index is 10.7. The Labute approximate surface area is 124 Å². The van der Waals surface area contributed by atoms with Gasteiger partial charge in [0.15, 0.2) is 0 Å². The number of rotatable bonds is 4. The number of aliphatic hydroxyl groups is 1. The Bertz CT molecular complexity index is 661. The predicted octanol–water partition coefficient (Wildman–Crippen LogP) is 4.19. The van der Waals surface area contributed by atoms with Crippen molar-refractivity contribution in [1.29, 1.82) is 0 Å². The minimum atomic E-state index is -0.546. The maximum atomic E-state index is 10.7. The van der Waals surface area contributed by atoms with Gasteiger partial charge in [0, 0.05) is 28.8 Å². The van der Waals surface area contributed by atoms with Crippen LogP contribution in [0, 0.1) is 10.1 Å². The third-order valence-electron chi connectivity index (χ3n) is 2.54. The van der Waals surface area contributed by atoms with Crippen LogP contribution in [0.4, 0.5) is 5.69 Å². The van der Waals surface area contributed by atoms with Crippen molar-refractivity contribution in [3.05, 3.63) is 62.1 Å². The molecule has 0 fully saturated rings. The first-order valence-corrected chi connectivity index (χ1v) is 6.28. The van der Waals surface area contributed by atoms with Gasteiger partial charge >= 0.3 is 0 Å². The standard InChI is InChI=1S/C13H9Cl2NO4/c14-9-1-3-11(15)13(6-9)20-12-4-2-10(16(18)19)5-8(12)7-17/h1-6,17H,7H2. The number of benzene rings is 2. The van der Waals surface area contributed by atoms with E-state index in [1.807, 2.05) is 0 Å². The summed E-state index contributed by atoms with van der Waals surface area (Å²) in [6.45, 7) is -0.394. The van der Waals surface area contributed by atoms with Crippen molar-refractivity contribution >= 4 is 28.9 Å². The van der Waals surface area contributed by atoms with E-state index in [0.717, 1.165) is 0 Å². The van der Waals surface area contributed by atoms with E-state index in [2.05, 4.69) is 0 Å². The van der Waals surface area contributed by atoms with Gasteiger partial charge in [-0.15, -0.1) is 0 Å². The minimum absolute atomic E-state index is 0.126. The SMILES string of the molecule is O=[N+]([O-])c1ccc(Oc2cc(Cl)ccc2Cl)c(CO)c1. The first kappa shape index (κ1) is 14.6. The van der Waals surface area contributed by atoms with Gasteiger partial charge in [-0.2, -0.15) is 0 Å². The van der Waals surface area contributed by atoms with E-state index in [0.29, 0.717) is 15.8 Å². The Hall–Kier alpha value is -1.82. The molecule has 2 rings (SSSR count). The molecule has 0 amide bonds. The van der Waals surface area contributed by atoms with Crippen LogP contribution in [0.2, 0.25) is 10.0 Å². The second-order valence-corrected chi connectivity index (χ2v) is 4.73. The first-order valence-electron chi connectivity index (χ1n) is 5.52. The predicted molar refractivity (Wildman–Crippen MR) is 75.6 cm³/mol. The van der Waals surface area contributed by atoms with Crippen LogP contribution in [0.3, 0.4) is 0 Å². The lowest BCUT2D eigenvalue weighted by atomic mass is 10.2. The zero-order valence-corrected chi connectivity index (χ0v) is 11.6. The zero-order valence-electron chi connectivity index (χ0n) is 10.0. The lowest BCUT2D eigenvalue weighted by molar-refractivity contribution is -0.385. The van der Waals surface area contributed by atoms with Gasteiger partial charge in [-0.25, -0.2) is 0 Å². The largest absolute Gasteiger partial charge is 0.455 e. The molecule has 0 saturated heterocycles. The van der Waals surface area contributed by atoms with E-state index in [-0.39, 0.29) is 17.0 Å². The highest BCUT2D eigenvalue weighted by molar-refractivity contribution is 6.34. The Morgan fingerprint density at radius 3 is 2.55 bits per heavy atom. The first-order chi connectivity index (χ1) is 9.51. The van der Waals surface area contributed by atoms with Crippen LogP contribution in [0.25, 0.3) is 0 Å². The molecule has 0 aromatic heterocycles.